The van der Waals surface area contributed by atoms with Gasteiger partial charge in [0.15, 0.2) is 0 Å². The number of benzene rings is 1. The largest absolute Gasteiger partial charge is 0.335 e. The molecule has 0 atom stereocenters. The highest BCUT2D eigenvalue weighted by Gasteiger charge is 2.26. The van der Waals surface area contributed by atoms with E-state index in [1.807, 2.05) is 29.2 Å². The van der Waals surface area contributed by atoms with E-state index in [9.17, 15) is 9.59 Å². The minimum Gasteiger partial charge on any atom is -0.335 e. The Morgan fingerprint density at radius 3 is 2.08 bits per heavy atom. The minimum absolute atomic E-state index is 0.0334. The van der Waals surface area contributed by atoms with Crippen LogP contribution in [0.2, 0.25) is 0 Å². The van der Waals surface area contributed by atoms with Gasteiger partial charge in [0.05, 0.1) is 5.51 Å². The highest BCUT2D eigenvalue weighted by atomic mass is 32.1. The molecule has 5 nitrogen and oxygen atoms in total. The second kappa shape index (κ2) is 7.13. The van der Waals surface area contributed by atoms with Gasteiger partial charge in [-0.1, -0.05) is 26.0 Å². The van der Waals surface area contributed by atoms with Crippen LogP contribution in [0.15, 0.2) is 35.2 Å². The Morgan fingerprint density at radius 2 is 1.58 bits per heavy atom. The van der Waals surface area contributed by atoms with Gasteiger partial charge in [0.25, 0.3) is 11.8 Å². The van der Waals surface area contributed by atoms with Crippen LogP contribution in [-0.2, 0) is 0 Å². The molecule has 1 fully saturated rings. The molecule has 0 unspecified atom stereocenters. The van der Waals surface area contributed by atoms with E-state index in [1.165, 1.54) is 16.9 Å². The summed E-state index contributed by atoms with van der Waals surface area (Å²) in [6.45, 7) is 6.48. The van der Waals surface area contributed by atoms with Gasteiger partial charge in [0.2, 0.25) is 0 Å². The first kappa shape index (κ1) is 16.6. The SMILES string of the molecule is CC(C)c1ccc(C(=O)N2CCN(C(=O)c3cscn3)CC2)cc1. The van der Waals surface area contributed by atoms with Gasteiger partial charge in [0, 0.05) is 37.1 Å². The van der Waals surface area contributed by atoms with E-state index in [-0.39, 0.29) is 11.8 Å². The van der Waals surface area contributed by atoms with Crippen LogP contribution in [0.25, 0.3) is 0 Å². The van der Waals surface area contributed by atoms with E-state index >= 15 is 0 Å². The summed E-state index contributed by atoms with van der Waals surface area (Å²) in [5.74, 6) is 0.435. The van der Waals surface area contributed by atoms with Crippen LogP contribution < -0.4 is 0 Å². The third kappa shape index (κ3) is 3.48. The molecule has 0 bridgehead atoms. The molecule has 0 aliphatic carbocycles. The number of rotatable bonds is 3. The molecule has 126 valence electrons. The maximum Gasteiger partial charge on any atom is 0.273 e. The quantitative estimate of drug-likeness (QED) is 0.861. The Labute approximate surface area is 145 Å². The van der Waals surface area contributed by atoms with E-state index < -0.39 is 0 Å². The minimum atomic E-state index is -0.0513. The molecule has 6 heteroatoms. The molecule has 1 aromatic heterocycles. The molecule has 0 N–H and O–H groups in total. The van der Waals surface area contributed by atoms with Crippen LogP contribution in [-0.4, -0.2) is 52.8 Å². The molecule has 1 saturated heterocycles. The highest BCUT2D eigenvalue weighted by Crippen LogP contribution is 2.17. The molecule has 1 aromatic carbocycles. The van der Waals surface area contributed by atoms with E-state index in [0.717, 1.165) is 0 Å². The number of nitrogens with zero attached hydrogens (tertiary/aromatic N) is 3. The number of carbonyl (C=O) groups excluding carboxylic acids is 2. The fourth-order valence-electron chi connectivity index (χ4n) is 2.79. The number of hydrogen-bond donors (Lipinski definition) is 0. The van der Waals surface area contributed by atoms with Crippen molar-refractivity contribution >= 4 is 23.2 Å². The highest BCUT2D eigenvalue weighted by molar-refractivity contribution is 7.07. The maximum absolute atomic E-state index is 12.6. The van der Waals surface area contributed by atoms with Gasteiger partial charge in [-0.15, -0.1) is 11.3 Å². The van der Waals surface area contributed by atoms with Crippen molar-refractivity contribution in [3.63, 3.8) is 0 Å². The first-order valence-electron chi connectivity index (χ1n) is 8.13. The van der Waals surface area contributed by atoms with Crippen molar-refractivity contribution in [2.24, 2.45) is 0 Å². The Kier molecular flexibility index (Phi) is 4.94. The molecule has 0 saturated carbocycles. The van der Waals surface area contributed by atoms with Crippen LogP contribution in [0.4, 0.5) is 0 Å². The molecule has 0 spiro atoms. The number of amides is 2. The molecule has 2 amide bonds. The van der Waals surface area contributed by atoms with Crippen LogP contribution in [0.1, 0.15) is 46.2 Å². The molecule has 2 aromatic rings. The number of hydrogen-bond acceptors (Lipinski definition) is 4. The van der Waals surface area contributed by atoms with E-state index in [2.05, 4.69) is 18.8 Å². The third-order valence-electron chi connectivity index (χ3n) is 4.33. The predicted molar refractivity (Wildman–Crippen MR) is 94.5 cm³/mol. The fourth-order valence-corrected chi connectivity index (χ4v) is 3.31. The number of thiazole rings is 1. The number of carbonyl (C=O) groups is 2. The molecular formula is C18H21N3O2S. The monoisotopic (exact) mass is 343 g/mol. The lowest BCUT2D eigenvalue weighted by molar-refractivity contribution is 0.0533. The van der Waals surface area contributed by atoms with Crippen LogP contribution in [0, 0.1) is 0 Å². The number of aromatic nitrogens is 1. The zero-order chi connectivity index (χ0) is 17.1. The van der Waals surface area contributed by atoms with Gasteiger partial charge < -0.3 is 9.80 Å². The average Bonchev–Trinajstić information content (AvgIpc) is 3.15. The van der Waals surface area contributed by atoms with Crippen molar-refractivity contribution in [1.82, 2.24) is 14.8 Å². The van der Waals surface area contributed by atoms with E-state index in [1.54, 1.807) is 15.8 Å². The third-order valence-corrected chi connectivity index (χ3v) is 4.92. The molecule has 24 heavy (non-hydrogen) atoms. The lowest BCUT2D eigenvalue weighted by Gasteiger charge is -2.34. The average molecular weight is 343 g/mol. The van der Waals surface area contributed by atoms with Crippen molar-refractivity contribution in [1.29, 1.82) is 0 Å². The standard InChI is InChI=1S/C18H21N3O2S/c1-13(2)14-3-5-15(6-4-14)17(22)20-7-9-21(10-8-20)18(23)16-11-24-12-19-16/h3-6,11-13H,7-10H2,1-2H3. The van der Waals surface area contributed by atoms with E-state index in [4.69, 9.17) is 0 Å². The summed E-state index contributed by atoms with van der Waals surface area (Å²) < 4.78 is 0. The normalized spacial score (nSPS) is 15.0. The van der Waals surface area contributed by atoms with Crippen molar-refractivity contribution in [2.45, 2.75) is 19.8 Å². The van der Waals surface area contributed by atoms with Crippen molar-refractivity contribution in [3.05, 3.63) is 52.0 Å². The summed E-state index contributed by atoms with van der Waals surface area (Å²) in [7, 11) is 0. The van der Waals surface area contributed by atoms with Crippen LogP contribution in [0.3, 0.4) is 0 Å². The molecular weight excluding hydrogens is 322 g/mol. The summed E-state index contributed by atoms with van der Waals surface area (Å²) in [5.41, 5.74) is 4.08. The molecule has 0 radical (unpaired) electrons. The lowest BCUT2D eigenvalue weighted by Crippen LogP contribution is -2.50. The summed E-state index contributed by atoms with van der Waals surface area (Å²) in [5, 5.41) is 1.76. The smallest absolute Gasteiger partial charge is 0.273 e. The van der Waals surface area contributed by atoms with Gasteiger partial charge in [-0.05, 0) is 23.6 Å². The summed E-state index contributed by atoms with van der Waals surface area (Å²) in [4.78, 5) is 32.5. The van der Waals surface area contributed by atoms with Crippen molar-refractivity contribution in [3.8, 4) is 0 Å². The van der Waals surface area contributed by atoms with E-state index in [0.29, 0.717) is 43.4 Å². The van der Waals surface area contributed by atoms with Gasteiger partial charge >= 0.3 is 0 Å². The maximum atomic E-state index is 12.6. The second-order valence-corrected chi connectivity index (χ2v) is 6.95. The Balaban J connectivity index is 1.60. The fraction of sp³-hybridized carbons (Fsp3) is 0.389. The Bertz CT molecular complexity index is 702. The summed E-state index contributed by atoms with van der Waals surface area (Å²) in [6.07, 6.45) is 0. The molecule has 1 aliphatic rings. The van der Waals surface area contributed by atoms with Crippen LogP contribution in [0.5, 0.6) is 0 Å². The van der Waals surface area contributed by atoms with Gasteiger partial charge in [-0.2, -0.15) is 0 Å². The second-order valence-electron chi connectivity index (χ2n) is 6.23. The molecule has 1 aliphatic heterocycles. The number of piperazine rings is 1. The topological polar surface area (TPSA) is 53.5 Å². The van der Waals surface area contributed by atoms with Gasteiger partial charge in [0.1, 0.15) is 5.69 Å². The van der Waals surface area contributed by atoms with Gasteiger partial charge in [-0.25, -0.2) is 4.98 Å². The predicted octanol–water partition coefficient (Wildman–Crippen LogP) is 2.86. The summed E-state index contributed by atoms with van der Waals surface area (Å²) >= 11 is 1.41. The Morgan fingerprint density at radius 1 is 1.00 bits per heavy atom. The van der Waals surface area contributed by atoms with Crippen molar-refractivity contribution in [2.75, 3.05) is 26.2 Å². The van der Waals surface area contributed by atoms with Crippen LogP contribution >= 0.6 is 11.3 Å². The van der Waals surface area contributed by atoms with Crippen molar-refractivity contribution < 1.29 is 9.59 Å². The lowest BCUT2D eigenvalue weighted by atomic mass is 10.0. The molecule has 3 rings (SSSR count). The zero-order valence-electron chi connectivity index (χ0n) is 13.9. The summed E-state index contributed by atoms with van der Waals surface area (Å²) in [6, 6.07) is 7.81. The molecule has 2 heterocycles. The first-order valence-corrected chi connectivity index (χ1v) is 9.07. The Hall–Kier alpha value is -2.21. The van der Waals surface area contributed by atoms with Gasteiger partial charge in [-0.3, -0.25) is 9.59 Å². The zero-order valence-corrected chi connectivity index (χ0v) is 14.8. The first-order chi connectivity index (χ1) is 11.6.